The van der Waals surface area contributed by atoms with E-state index in [9.17, 15) is 9.59 Å². The highest BCUT2D eigenvalue weighted by Gasteiger charge is 2.60. The fourth-order valence-corrected chi connectivity index (χ4v) is 4.58. The summed E-state index contributed by atoms with van der Waals surface area (Å²) < 4.78 is 0. The molecule has 0 spiro atoms. The summed E-state index contributed by atoms with van der Waals surface area (Å²) in [7, 11) is 0. The van der Waals surface area contributed by atoms with E-state index < -0.39 is 12.0 Å². The molecule has 2 aliphatic heterocycles. The zero-order valence-corrected chi connectivity index (χ0v) is 16.9. The number of hydroxylamine groups is 1. The molecule has 0 N–H and O–H groups in total. The van der Waals surface area contributed by atoms with E-state index in [1.807, 2.05) is 92.7 Å². The van der Waals surface area contributed by atoms with Gasteiger partial charge < -0.3 is 0 Å². The molecular formula is C25H22N2O3. The number of benzene rings is 3. The van der Waals surface area contributed by atoms with E-state index in [0.29, 0.717) is 5.69 Å². The van der Waals surface area contributed by atoms with Crippen molar-refractivity contribution in [3.8, 4) is 0 Å². The number of anilines is 2. The van der Waals surface area contributed by atoms with Gasteiger partial charge in [-0.1, -0.05) is 66.7 Å². The maximum Gasteiger partial charge on any atom is 0.266 e. The number of carbonyl (C=O) groups excluding carboxylic acids is 2. The molecule has 30 heavy (non-hydrogen) atoms. The second kappa shape index (κ2) is 7.11. The zero-order valence-electron chi connectivity index (χ0n) is 16.9. The average molecular weight is 398 g/mol. The van der Waals surface area contributed by atoms with Crippen LogP contribution < -0.4 is 9.96 Å². The molecule has 3 atom stereocenters. The van der Waals surface area contributed by atoms with Crippen molar-refractivity contribution < 1.29 is 14.4 Å². The highest BCUT2D eigenvalue weighted by Crippen LogP contribution is 2.48. The fourth-order valence-electron chi connectivity index (χ4n) is 4.58. The Kier molecular flexibility index (Phi) is 4.40. The summed E-state index contributed by atoms with van der Waals surface area (Å²) in [5.41, 5.74) is 4.22. The lowest BCUT2D eigenvalue weighted by atomic mass is 9.90. The van der Waals surface area contributed by atoms with E-state index in [2.05, 4.69) is 0 Å². The summed E-state index contributed by atoms with van der Waals surface area (Å²) in [6.07, 6.45) is -0.845. The highest BCUT2D eigenvalue weighted by atomic mass is 16.7. The number of hydrogen-bond donors (Lipinski definition) is 0. The molecule has 0 aliphatic carbocycles. The topological polar surface area (TPSA) is 49.9 Å². The predicted molar refractivity (Wildman–Crippen MR) is 115 cm³/mol. The third kappa shape index (κ3) is 2.74. The minimum atomic E-state index is -0.845. The minimum absolute atomic E-state index is 0.213. The third-order valence-electron chi connectivity index (χ3n) is 5.93. The van der Waals surface area contributed by atoms with Crippen LogP contribution >= 0.6 is 0 Å². The van der Waals surface area contributed by atoms with Gasteiger partial charge >= 0.3 is 0 Å². The number of imide groups is 1. The molecule has 5 heteroatoms. The lowest BCUT2D eigenvalue weighted by Gasteiger charge is -2.29. The molecule has 0 unspecified atom stereocenters. The van der Waals surface area contributed by atoms with E-state index in [-0.39, 0.29) is 17.9 Å². The van der Waals surface area contributed by atoms with Crippen LogP contribution in [0, 0.1) is 19.8 Å². The molecule has 5 rings (SSSR count). The first-order chi connectivity index (χ1) is 14.6. The second-order valence-electron chi connectivity index (χ2n) is 7.82. The van der Waals surface area contributed by atoms with Crippen molar-refractivity contribution in [3.63, 3.8) is 0 Å². The Balaban J connectivity index is 1.61. The molecule has 5 nitrogen and oxygen atoms in total. The first-order valence-electron chi connectivity index (χ1n) is 10.1. The Labute approximate surface area is 175 Å². The Bertz CT molecular complexity index is 1090. The average Bonchev–Trinajstić information content (AvgIpc) is 3.27. The maximum atomic E-state index is 13.7. The number of carbonyl (C=O) groups is 2. The van der Waals surface area contributed by atoms with Crippen LogP contribution in [0.25, 0.3) is 0 Å². The van der Waals surface area contributed by atoms with Crippen molar-refractivity contribution in [2.75, 3.05) is 9.96 Å². The summed E-state index contributed by atoms with van der Waals surface area (Å²) >= 11 is 0. The molecule has 0 saturated carbocycles. The standard InChI is InChI=1S/C25H22N2O3/c1-16-10-9-11-17(2)21(16)26-24(28)20-22(18-12-5-3-6-13-18)27(30-23(20)25(26)29)19-14-7-4-8-15-19/h3-15,20,22-23H,1-2H3/t20-,22+,23+/m1/s1. The van der Waals surface area contributed by atoms with Gasteiger partial charge in [0.2, 0.25) is 5.91 Å². The van der Waals surface area contributed by atoms with Gasteiger partial charge in [-0.3, -0.25) is 14.4 Å². The van der Waals surface area contributed by atoms with Crippen molar-refractivity contribution in [1.82, 2.24) is 0 Å². The van der Waals surface area contributed by atoms with Crippen molar-refractivity contribution in [2.24, 2.45) is 5.92 Å². The molecule has 3 aromatic rings. The number of rotatable bonds is 3. The molecule has 2 amide bonds. The van der Waals surface area contributed by atoms with E-state index in [1.54, 1.807) is 5.06 Å². The van der Waals surface area contributed by atoms with Gasteiger partial charge in [0.05, 0.1) is 17.4 Å². The van der Waals surface area contributed by atoms with Crippen molar-refractivity contribution in [2.45, 2.75) is 26.0 Å². The third-order valence-corrected chi connectivity index (χ3v) is 5.93. The molecule has 3 aromatic carbocycles. The van der Waals surface area contributed by atoms with Gasteiger partial charge in [-0.05, 0) is 42.7 Å². The van der Waals surface area contributed by atoms with E-state index in [4.69, 9.17) is 4.84 Å². The van der Waals surface area contributed by atoms with Crippen LogP contribution in [0.5, 0.6) is 0 Å². The van der Waals surface area contributed by atoms with Gasteiger partial charge in [-0.15, -0.1) is 0 Å². The lowest BCUT2D eigenvalue weighted by Crippen LogP contribution is -2.38. The van der Waals surface area contributed by atoms with Crippen LogP contribution in [-0.4, -0.2) is 17.9 Å². The highest BCUT2D eigenvalue weighted by molar-refractivity contribution is 6.24. The molecule has 2 heterocycles. The molecule has 0 bridgehead atoms. The number of amides is 2. The summed E-state index contributed by atoms with van der Waals surface area (Å²) in [5, 5.41) is 1.72. The zero-order chi connectivity index (χ0) is 20.8. The van der Waals surface area contributed by atoms with Crippen molar-refractivity contribution in [3.05, 3.63) is 95.6 Å². The van der Waals surface area contributed by atoms with Crippen LogP contribution in [0.4, 0.5) is 11.4 Å². The molecular weight excluding hydrogens is 376 g/mol. The summed E-state index contributed by atoms with van der Waals surface area (Å²) in [4.78, 5) is 34.6. The van der Waals surface area contributed by atoms with E-state index in [1.165, 1.54) is 4.90 Å². The summed E-state index contributed by atoms with van der Waals surface area (Å²) in [6.45, 7) is 3.84. The SMILES string of the molecule is Cc1cccc(C)c1N1C(=O)[C@H]2[C@H](ON(c3ccccc3)[C@H]2c2ccccc2)C1=O. The Morgan fingerprint density at radius 3 is 1.97 bits per heavy atom. The first kappa shape index (κ1) is 18.6. The van der Waals surface area contributed by atoms with Crippen LogP contribution in [0.15, 0.2) is 78.9 Å². The van der Waals surface area contributed by atoms with Crippen LogP contribution in [0.2, 0.25) is 0 Å². The molecule has 0 radical (unpaired) electrons. The number of aryl methyl sites for hydroxylation is 2. The number of hydrogen-bond acceptors (Lipinski definition) is 4. The smallest absolute Gasteiger partial charge is 0.266 e. The number of nitrogens with zero attached hydrogens (tertiary/aromatic N) is 2. The van der Waals surface area contributed by atoms with Crippen LogP contribution in [0.3, 0.4) is 0 Å². The summed E-state index contributed by atoms with van der Waals surface area (Å²) in [6, 6.07) is 24.8. The molecule has 2 aliphatic rings. The van der Waals surface area contributed by atoms with Crippen LogP contribution in [0.1, 0.15) is 22.7 Å². The maximum absolute atomic E-state index is 13.7. The molecule has 2 saturated heterocycles. The van der Waals surface area contributed by atoms with Gasteiger partial charge in [0, 0.05) is 0 Å². The van der Waals surface area contributed by atoms with Crippen molar-refractivity contribution >= 4 is 23.2 Å². The predicted octanol–water partition coefficient (Wildman–Crippen LogP) is 4.35. The number of para-hydroxylation sites is 2. The van der Waals surface area contributed by atoms with Gasteiger partial charge in [0.1, 0.15) is 5.92 Å². The first-order valence-corrected chi connectivity index (χ1v) is 10.1. The Morgan fingerprint density at radius 2 is 1.33 bits per heavy atom. The normalized spacial score (nSPS) is 23.2. The van der Waals surface area contributed by atoms with Crippen LogP contribution in [-0.2, 0) is 14.4 Å². The Hall–Kier alpha value is -3.44. The summed E-state index contributed by atoms with van der Waals surface area (Å²) in [5.74, 6) is -1.13. The second-order valence-corrected chi connectivity index (χ2v) is 7.82. The van der Waals surface area contributed by atoms with E-state index in [0.717, 1.165) is 22.4 Å². The molecule has 2 fully saturated rings. The number of fused-ring (bicyclic) bond motifs is 1. The Morgan fingerprint density at radius 1 is 0.733 bits per heavy atom. The fraction of sp³-hybridized carbons (Fsp3) is 0.200. The largest absolute Gasteiger partial charge is 0.273 e. The molecule has 0 aromatic heterocycles. The lowest BCUT2D eigenvalue weighted by molar-refractivity contribution is -0.126. The van der Waals surface area contributed by atoms with Gasteiger partial charge in [0.25, 0.3) is 5.91 Å². The monoisotopic (exact) mass is 398 g/mol. The van der Waals surface area contributed by atoms with Gasteiger partial charge in [0.15, 0.2) is 6.10 Å². The minimum Gasteiger partial charge on any atom is -0.273 e. The quantitative estimate of drug-likeness (QED) is 0.616. The van der Waals surface area contributed by atoms with Crippen molar-refractivity contribution in [1.29, 1.82) is 0 Å². The van der Waals surface area contributed by atoms with Gasteiger partial charge in [-0.25, -0.2) is 9.96 Å². The molecule has 150 valence electrons. The van der Waals surface area contributed by atoms with E-state index >= 15 is 0 Å². The van der Waals surface area contributed by atoms with Gasteiger partial charge in [-0.2, -0.15) is 0 Å².